The van der Waals surface area contributed by atoms with Crippen LogP contribution >= 0.6 is 0 Å². The van der Waals surface area contributed by atoms with Crippen LogP contribution in [0.2, 0.25) is 0 Å². The maximum Gasteiger partial charge on any atom is 0.233 e. The molecule has 0 spiro atoms. The Morgan fingerprint density at radius 1 is 1.04 bits per heavy atom. The van der Waals surface area contributed by atoms with Crippen LogP contribution < -0.4 is 16.8 Å². The number of para-hydroxylation sites is 1. The highest BCUT2D eigenvalue weighted by Crippen LogP contribution is 2.31. The monoisotopic (exact) mass is 372 g/mol. The van der Waals surface area contributed by atoms with Gasteiger partial charge in [0, 0.05) is 46.1 Å². The van der Waals surface area contributed by atoms with Gasteiger partial charge in [-0.15, -0.1) is 0 Å². The average Bonchev–Trinajstić information content (AvgIpc) is 3.24. The fourth-order valence-electron chi connectivity index (χ4n) is 3.88. The molecule has 0 aliphatic carbocycles. The fourth-order valence-corrected chi connectivity index (χ4v) is 3.88. The lowest BCUT2D eigenvalue weighted by atomic mass is 10.1. The summed E-state index contributed by atoms with van der Waals surface area (Å²) in [5, 5.41) is 6.64. The average molecular weight is 372 g/mol. The Morgan fingerprint density at radius 2 is 1.86 bits per heavy atom. The maximum atomic E-state index is 6.00. The molecule has 0 saturated heterocycles. The molecular formula is C21H20N6O. The summed E-state index contributed by atoms with van der Waals surface area (Å²) in [7, 11) is 0. The van der Waals surface area contributed by atoms with Crippen molar-refractivity contribution in [1.29, 1.82) is 0 Å². The molecule has 0 aliphatic rings. The number of aromatic nitrogens is 3. The third-order valence-corrected chi connectivity index (χ3v) is 5.13. The second kappa shape index (κ2) is 6.16. The quantitative estimate of drug-likeness (QED) is 0.438. The van der Waals surface area contributed by atoms with E-state index >= 15 is 0 Å². The first-order valence-electron chi connectivity index (χ1n) is 9.19. The van der Waals surface area contributed by atoms with E-state index in [9.17, 15) is 0 Å². The number of benzene rings is 2. The maximum absolute atomic E-state index is 6.00. The van der Waals surface area contributed by atoms with Crippen LogP contribution in [0.1, 0.15) is 12.5 Å². The molecule has 3 heterocycles. The van der Waals surface area contributed by atoms with Gasteiger partial charge in [-0.3, -0.25) is 0 Å². The minimum absolute atomic E-state index is 0.108. The number of anilines is 3. The summed E-state index contributed by atoms with van der Waals surface area (Å²) in [5.74, 6) is 0.436. The van der Waals surface area contributed by atoms with Gasteiger partial charge in [-0.25, -0.2) is 0 Å². The van der Waals surface area contributed by atoms with Crippen molar-refractivity contribution >= 4 is 50.4 Å². The van der Waals surface area contributed by atoms with Gasteiger partial charge < -0.3 is 25.8 Å². The molecule has 0 atom stereocenters. The summed E-state index contributed by atoms with van der Waals surface area (Å²) in [5.41, 5.74) is 16.4. The molecule has 0 amide bonds. The number of nitrogens with one attached hydrogen (secondary N) is 1. The summed E-state index contributed by atoms with van der Waals surface area (Å²) in [6.07, 6.45) is 1.64. The molecule has 0 fully saturated rings. The van der Waals surface area contributed by atoms with Crippen LogP contribution in [0.5, 0.6) is 0 Å². The zero-order chi connectivity index (χ0) is 19.3. The van der Waals surface area contributed by atoms with E-state index in [2.05, 4.69) is 69.2 Å². The third kappa shape index (κ3) is 2.44. The van der Waals surface area contributed by atoms with Crippen molar-refractivity contribution in [2.75, 3.05) is 16.8 Å². The zero-order valence-corrected chi connectivity index (χ0v) is 15.4. The molecular weight excluding hydrogens is 352 g/mol. The molecule has 7 heteroatoms. The molecule has 5 N–H and O–H groups in total. The van der Waals surface area contributed by atoms with Gasteiger partial charge in [-0.2, -0.15) is 9.97 Å². The summed E-state index contributed by atoms with van der Waals surface area (Å²) < 4.78 is 7.82. The number of nitrogens with zero attached hydrogens (tertiary/aromatic N) is 3. The Labute approximate surface area is 161 Å². The van der Waals surface area contributed by atoms with Crippen molar-refractivity contribution in [3.8, 4) is 0 Å². The number of fused-ring (bicyclic) bond motifs is 4. The second-order valence-corrected chi connectivity index (χ2v) is 6.76. The van der Waals surface area contributed by atoms with Gasteiger partial charge in [-0.1, -0.05) is 18.2 Å². The number of hydrogen-bond acceptors (Lipinski definition) is 6. The molecule has 2 aromatic carbocycles. The van der Waals surface area contributed by atoms with Crippen molar-refractivity contribution in [2.45, 2.75) is 20.0 Å². The molecule has 28 heavy (non-hydrogen) atoms. The molecule has 5 rings (SSSR count). The van der Waals surface area contributed by atoms with Crippen molar-refractivity contribution < 1.29 is 4.42 Å². The number of aryl methyl sites for hydroxylation is 1. The van der Waals surface area contributed by atoms with E-state index in [-0.39, 0.29) is 5.95 Å². The van der Waals surface area contributed by atoms with E-state index in [1.807, 2.05) is 0 Å². The molecule has 7 nitrogen and oxygen atoms in total. The fraction of sp³-hybridized carbons (Fsp3) is 0.143. The molecule has 0 bridgehead atoms. The Kier molecular flexibility index (Phi) is 3.61. The standard InChI is InChI=1S/C21H20N6O/c1-2-27-16-6-4-3-5-14(16)15-9-13(7-8-17(15)27)24-10-12-11-28-20-18(12)19(22)25-21(23)26-20/h3-9,11,24H,2,10H2,1H3,(H4,22,23,25,26). The first-order chi connectivity index (χ1) is 13.7. The largest absolute Gasteiger partial charge is 0.446 e. The summed E-state index contributed by atoms with van der Waals surface area (Å²) >= 11 is 0. The molecule has 140 valence electrons. The second-order valence-electron chi connectivity index (χ2n) is 6.76. The van der Waals surface area contributed by atoms with Crippen molar-refractivity contribution in [3.63, 3.8) is 0 Å². The smallest absolute Gasteiger partial charge is 0.233 e. The Morgan fingerprint density at radius 3 is 2.71 bits per heavy atom. The molecule has 3 aromatic heterocycles. The van der Waals surface area contributed by atoms with Gasteiger partial charge in [0.1, 0.15) is 5.82 Å². The predicted octanol–water partition coefficient (Wildman–Crippen LogP) is 4.13. The number of hydrogen-bond donors (Lipinski definition) is 3. The molecule has 0 unspecified atom stereocenters. The van der Waals surface area contributed by atoms with E-state index in [0.717, 1.165) is 17.8 Å². The SMILES string of the molecule is CCn1c2ccccc2c2cc(NCc3coc4nc(N)nc(N)c34)ccc21. The zero-order valence-electron chi connectivity index (χ0n) is 15.4. The number of nitrogen functional groups attached to an aromatic ring is 2. The number of nitrogens with two attached hydrogens (primary N) is 2. The first kappa shape index (κ1) is 16.4. The van der Waals surface area contributed by atoms with E-state index in [1.54, 1.807) is 6.26 Å². The van der Waals surface area contributed by atoms with Crippen molar-refractivity contribution in [3.05, 3.63) is 54.3 Å². The lowest BCUT2D eigenvalue weighted by molar-refractivity contribution is 0.599. The normalized spacial score (nSPS) is 11.6. The van der Waals surface area contributed by atoms with Crippen LogP contribution in [0.15, 0.2) is 53.1 Å². The molecule has 5 aromatic rings. The molecule has 0 saturated carbocycles. The van der Waals surface area contributed by atoms with Gasteiger partial charge >= 0.3 is 0 Å². The topological polar surface area (TPSA) is 108 Å². The van der Waals surface area contributed by atoms with Crippen LogP contribution in [0.4, 0.5) is 17.5 Å². The minimum atomic E-state index is 0.108. The van der Waals surface area contributed by atoms with Crippen molar-refractivity contribution in [2.24, 2.45) is 0 Å². The minimum Gasteiger partial charge on any atom is -0.446 e. The van der Waals surface area contributed by atoms with Crippen LogP contribution in [0.3, 0.4) is 0 Å². The van der Waals surface area contributed by atoms with Crippen LogP contribution in [-0.4, -0.2) is 14.5 Å². The highest BCUT2D eigenvalue weighted by atomic mass is 16.3. The lowest BCUT2D eigenvalue weighted by Gasteiger charge is -2.07. The van der Waals surface area contributed by atoms with Gasteiger partial charge in [0.05, 0.1) is 11.6 Å². The lowest BCUT2D eigenvalue weighted by Crippen LogP contribution is -2.03. The molecule has 0 aliphatic heterocycles. The number of furan rings is 1. The predicted molar refractivity (Wildman–Crippen MR) is 113 cm³/mol. The van der Waals surface area contributed by atoms with Crippen LogP contribution in [0.25, 0.3) is 32.9 Å². The van der Waals surface area contributed by atoms with Gasteiger partial charge in [0.15, 0.2) is 0 Å². The van der Waals surface area contributed by atoms with Crippen LogP contribution in [-0.2, 0) is 13.1 Å². The first-order valence-corrected chi connectivity index (χ1v) is 9.19. The summed E-state index contributed by atoms with van der Waals surface area (Å²) in [6, 6.07) is 14.9. The van der Waals surface area contributed by atoms with Gasteiger partial charge in [-0.05, 0) is 31.2 Å². The van der Waals surface area contributed by atoms with Crippen LogP contribution in [0, 0.1) is 0 Å². The Balaban J connectivity index is 1.52. The Bertz CT molecular complexity index is 1330. The summed E-state index contributed by atoms with van der Waals surface area (Å²) in [6.45, 7) is 3.64. The van der Waals surface area contributed by atoms with Gasteiger partial charge in [0.2, 0.25) is 11.7 Å². The highest BCUT2D eigenvalue weighted by Gasteiger charge is 2.14. The van der Waals surface area contributed by atoms with E-state index in [4.69, 9.17) is 15.9 Å². The molecule has 0 radical (unpaired) electrons. The summed E-state index contributed by atoms with van der Waals surface area (Å²) in [4.78, 5) is 8.12. The van der Waals surface area contributed by atoms with E-state index in [0.29, 0.717) is 23.5 Å². The van der Waals surface area contributed by atoms with E-state index in [1.165, 1.54) is 21.8 Å². The third-order valence-electron chi connectivity index (χ3n) is 5.13. The highest BCUT2D eigenvalue weighted by molar-refractivity contribution is 6.09. The Hall–Kier alpha value is -3.74. The van der Waals surface area contributed by atoms with Gasteiger partial charge in [0.25, 0.3) is 0 Å². The van der Waals surface area contributed by atoms with E-state index < -0.39 is 0 Å². The number of rotatable bonds is 4. The van der Waals surface area contributed by atoms with Crippen molar-refractivity contribution in [1.82, 2.24) is 14.5 Å².